The molecule has 1 rings (SSSR count). The van der Waals surface area contributed by atoms with Gasteiger partial charge in [0.05, 0.1) is 12.6 Å². The highest BCUT2D eigenvalue weighted by Crippen LogP contribution is 2.18. The number of nitrogens with one attached hydrogen (secondary N) is 1. The first-order valence-corrected chi connectivity index (χ1v) is 5.78. The number of aliphatic hydroxyl groups is 1. The van der Waals surface area contributed by atoms with Crippen LogP contribution in [0.3, 0.4) is 0 Å². The average molecular weight is 241 g/mol. The second-order valence-corrected chi connectivity index (χ2v) is 4.45. The van der Waals surface area contributed by atoms with E-state index in [2.05, 4.69) is 5.32 Å². The van der Waals surface area contributed by atoms with E-state index in [0.717, 1.165) is 5.56 Å². The number of hydrogen-bond acceptors (Lipinski definition) is 3. The maximum absolute atomic E-state index is 13.4. The van der Waals surface area contributed by atoms with E-state index in [1.807, 2.05) is 20.8 Å². The predicted molar refractivity (Wildman–Crippen MR) is 65.8 cm³/mol. The van der Waals surface area contributed by atoms with Gasteiger partial charge in [-0.3, -0.25) is 0 Å². The van der Waals surface area contributed by atoms with Gasteiger partial charge in [-0.25, -0.2) is 4.39 Å². The Morgan fingerprint density at radius 3 is 2.71 bits per heavy atom. The molecule has 0 aliphatic rings. The van der Waals surface area contributed by atoms with E-state index in [9.17, 15) is 4.39 Å². The van der Waals surface area contributed by atoms with Crippen LogP contribution in [0.2, 0.25) is 0 Å². The predicted octanol–water partition coefficient (Wildman–Crippen LogP) is 1.87. The van der Waals surface area contributed by atoms with Crippen molar-refractivity contribution < 1.29 is 14.2 Å². The molecule has 0 radical (unpaired) electrons. The maximum Gasteiger partial charge on any atom is 0.165 e. The molecule has 0 amide bonds. The van der Waals surface area contributed by atoms with Gasteiger partial charge in [0.15, 0.2) is 11.6 Å². The normalized spacial score (nSPS) is 12.8. The lowest BCUT2D eigenvalue weighted by atomic mass is 10.2. The minimum Gasteiger partial charge on any atom is -0.489 e. The minimum atomic E-state index is -0.378. The van der Waals surface area contributed by atoms with Crippen molar-refractivity contribution in [3.05, 3.63) is 29.6 Å². The maximum atomic E-state index is 13.4. The van der Waals surface area contributed by atoms with Gasteiger partial charge < -0.3 is 15.2 Å². The van der Waals surface area contributed by atoms with Gasteiger partial charge in [-0.15, -0.1) is 0 Å². The minimum absolute atomic E-state index is 0.0361. The van der Waals surface area contributed by atoms with Crippen molar-refractivity contribution in [2.45, 2.75) is 32.9 Å². The fourth-order valence-electron chi connectivity index (χ4n) is 1.54. The number of ether oxygens (including phenoxy) is 1. The van der Waals surface area contributed by atoms with E-state index in [1.165, 1.54) is 6.07 Å². The molecule has 0 heterocycles. The summed E-state index contributed by atoms with van der Waals surface area (Å²) >= 11 is 0. The topological polar surface area (TPSA) is 41.5 Å². The number of rotatable bonds is 6. The molecule has 3 nitrogen and oxygen atoms in total. The average Bonchev–Trinajstić information content (AvgIpc) is 2.28. The summed E-state index contributed by atoms with van der Waals surface area (Å²) in [5, 5.41) is 12.3. The Balaban J connectivity index is 2.56. The van der Waals surface area contributed by atoms with Crippen molar-refractivity contribution in [2.24, 2.45) is 0 Å². The van der Waals surface area contributed by atoms with Gasteiger partial charge in [0.1, 0.15) is 6.61 Å². The Hall–Kier alpha value is -1.13. The lowest BCUT2D eigenvalue weighted by Crippen LogP contribution is -2.41. The molecule has 0 aromatic heterocycles. The molecule has 17 heavy (non-hydrogen) atoms. The Kier molecular flexibility index (Phi) is 5.38. The molecule has 0 fully saturated rings. The first-order valence-electron chi connectivity index (χ1n) is 5.78. The monoisotopic (exact) mass is 241 g/mol. The first-order chi connectivity index (χ1) is 8.02. The molecule has 1 atom stereocenters. The molecular formula is C13H20FNO2. The summed E-state index contributed by atoms with van der Waals surface area (Å²) in [6.45, 7) is 6.05. The molecule has 0 aliphatic carbocycles. The molecule has 0 saturated heterocycles. The molecule has 1 unspecified atom stereocenters. The Morgan fingerprint density at radius 1 is 1.41 bits per heavy atom. The zero-order valence-electron chi connectivity index (χ0n) is 10.5. The zero-order chi connectivity index (χ0) is 12.8. The summed E-state index contributed by atoms with van der Waals surface area (Å²) in [5.41, 5.74) is 0.943. The number of aryl methyl sites for hydroxylation is 1. The van der Waals surface area contributed by atoms with Crippen LogP contribution >= 0.6 is 0 Å². The van der Waals surface area contributed by atoms with Crippen molar-refractivity contribution >= 4 is 0 Å². The molecule has 1 aromatic rings. The highest BCUT2D eigenvalue weighted by Gasteiger charge is 2.11. The number of aliphatic hydroxyl groups excluding tert-OH is 1. The van der Waals surface area contributed by atoms with E-state index >= 15 is 0 Å². The van der Waals surface area contributed by atoms with Crippen LogP contribution in [-0.2, 0) is 0 Å². The molecule has 0 aliphatic heterocycles. The molecule has 96 valence electrons. The van der Waals surface area contributed by atoms with E-state index < -0.39 is 0 Å². The van der Waals surface area contributed by atoms with Crippen molar-refractivity contribution in [1.29, 1.82) is 0 Å². The summed E-state index contributed by atoms with van der Waals surface area (Å²) in [7, 11) is 0. The van der Waals surface area contributed by atoms with Crippen LogP contribution in [0.15, 0.2) is 18.2 Å². The number of benzene rings is 1. The fraction of sp³-hybridized carbons (Fsp3) is 0.538. The van der Waals surface area contributed by atoms with E-state index in [-0.39, 0.29) is 36.9 Å². The SMILES string of the molecule is Cc1ccc(F)c(OCC(CO)NC(C)C)c1. The molecule has 0 saturated carbocycles. The summed E-state index contributed by atoms with van der Waals surface area (Å²) in [6.07, 6.45) is 0. The van der Waals surface area contributed by atoms with Crippen LogP contribution in [0.5, 0.6) is 5.75 Å². The van der Waals surface area contributed by atoms with Crippen molar-refractivity contribution in [3.8, 4) is 5.75 Å². The Bertz CT molecular complexity index is 355. The standard InChI is InChI=1S/C13H20FNO2/c1-9(2)15-11(7-16)8-17-13-6-10(3)4-5-12(13)14/h4-6,9,11,15-16H,7-8H2,1-3H3. The van der Waals surface area contributed by atoms with Gasteiger partial charge >= 0.3 is 0 Å². The second-order valence-electron chi connectivity index (χ2n) is 4.45. The van der Waals surface area contributed by atoms with Gasteiger partial charge in [0.25, 0.3) is 0 Å². The third-order valence-electron chi connectivity index (χ3n) is 2.32. The van der Waals surface area contributed by atoms with Gasteiger partial charge in [-0.2, -0.15) is 0 Å². The van der Waals surface area contributed by atoms with Crippen LogP contribution < -0.4 is 10.1 Å². The van der Waals surface area contributed by atoms with E-state index in [0.29, 0.717) is 0 Å². The third kappa shape index (κ3) is 4.71. The lowest BCUT2D eigenvalue weighted by Gasteiger charge is -2.19. The molecule has 2 N–H and O–H groups in total. The van der Waals surface area contributed by atoms with E-state index in [1.54, 1.807) is 12.1 Å². The van der Waals surface area contributed by atoms with Gasteiger partial charge in [-0.05, 0) is 24.6 Å². The fourth-order valence-corrected chi connectivity index (χ4v) is 1.54. The van der Waals surface area contributed by atoms with Crippen molar-refractivity contribution in [3.63, 3.8) is 0 Å². The van der Waals surface area contributed by atoms with Crippen molar-refractivity contribution in [2.75, 3.05) is 13.2 Å². The van der Waals surface area contributed by atoms with Gasteiger partial charge in [0, 0.05) is 6.04 Å². The summed E-state index contributed by atoms with van der Waals surface area (Å²) in [4.78, 5) is 0. The quantitative estimate of drug-likeness (QED) is 0.799. The Morgan fingerprint density at radius 2 is 2.12 bits per heavy atom. The number of halogens is 1. The smallest absolute Gasteiger partial charge is 0.165 e. The summed E-state index contributed by atoms with van der Waals surface area (Å²) < 4.78 is 18.8. The molecule has 4 heteroatoms. The van der Waals surface area contributed by atoms with E-state index in [4.69, 9.17) is 9.84 Å². The molecular weight excluding hydrogens is 221 g/mol. The summed E-state index contributed by atoms with van der Waals surface area (Å²) in [6, 6.07) is 4.79. The first kappa shape index (κ1) is 13.9. The number of hydrogen-bond donors (Lipinski definition) is 2. The Labute approximate surface area is 102 Å². The van der Waals surface area contributed by atoms with Crippen LogP contribution in [0.25, 0.3) is 0 Å². The molecule has 0 spiro atoms. The molecule has 0 bridgehead atoms. The van der Waals surface area contributed by atoms with Gasteiger partial charge in [0.2, 0.25) is 0 Å². The highest BCUT2D eigenvalue weighted by atomic mass is 19.1. The van der Waals surface area contributed by atoms with Gasteiger partial charge in [-0.1, -0.05) is 19.9 Å². The van der Waals surface area contributed by atoms with Crippen molar-refractivity contribution in [1.82, 2.24) is 5.32 Å². The second kappa shape index (κ2) is 6.57. The van der Waals surface area contributed by atoms with Crippen LogP contribution in [0.4, 0.5) is 4.39 Å². The van der Waals surface area contributed by atoms with Crippen LogP contribution in [0.1, 0.15) is 19.4 Å². The lowest BCUT2D eigenvalue weighted by molar-refractivity contribution is 0.173. The van der Waals surface area contributed by atoms with Crippen LogP contribution in [0, 0.1) is 12.7 Å². The highest BCUT2D eigenvalue weighted by molar-refractivity contribution is 5.29. The zero-order valence-corrected chi connectivity index (χ0v) is 10.5. The third-order valence-corrected chi connectivity index (χ3v) is 2.32. The summed E-state index contributed by atoms with van der Waals surface area (Å²) in [5.74, 6) is -0.147. The molecule has 1 aromatic carbocycles. The van der Waals surface area contributed by atoms with Crippen LogP contribution in [-0.4, -0.2) is 30.4 Å². The largest absolute Gasteiger partial charge is 0.489 e.